The second-order valence-electron chi connectivity index (χ2n) is 3.66. The van der Waals surface area contributed by atoms with Crippen molar-refractivity contribution >= 4 is 0 Å². The summed E-state index contributed by atoms with van der Waals surface area (Å²) in [5, 5.41) is 0. The van der Waals surface area contributed by atoms with Crippen molar-refractivity contribution in [3.63, 3.8) is 0 Å². The third-order valence-electron chi connectivity index (χ3n) is 1.77. The van der Waals surface area contributed by atoms with Crippen molar-refractivity contribution in [2.45, 2.75) is 20.3 Å². The van der Waals surface area contributed by atoms with Gasteiger partial charge in [0.05, 0.1) is 26.4 Å². The quantitative estimate of drug-likeness (QED) is 0.409. The number of hydrogen-bond acceptors (Lipinski definition) is 3. The average molecular weight is 214 g/mol. The van der Waals surface area contributed by atoms with Crippen molar-refractivity contribution in [2.75, 3.05) is 39.6 Å². The highest BCUT2D eigenvalue weighted by Crippen LogP contribution is 1.98. The van der Waals surface area contributed by atoms with E-state index in [1.165, 1.54) is 0 Å². The van der Waals surface area contributed by atoms with E-state index in [4.69, 9.17) is 20.6 Å². The van der Waals surface area contributed by atoms with Gasteiger partial charge in [-0.15, -0.1) is 6.42 Å². The summed E-state index contributed by atoms with van der Waals surface area (Å²) in [7, 11) is 0. The van der Waals surface area contributed by atoms with Gasteiger partial charge in [-0.2, -0.15) is 0 Å². The van der Waals surface area contributed by atoms with Crippen molar-refractivity contribution in [3.05, 3.63) is 0 Å². The van der Waals surface area contributed by atoms with E-state index in [1.807, 2.05) is 0 Å². The Hall–Kier alpha value is -0.560. The number of hydrogen-bond donors (Lipinski definition) is 0. The van der Waals surface area contributed by atoms with Crippen LogP contribution in [0.25, 0.3) is 0 Å². The van der Waals surface area contributed by atoms with Gasteiger partial charge < -0.3 is 14.2 Å². The van der Waals surface area contributed by atoms with Gasteiger partial charge in [0, 0.05) is 6.61 Å². The normalized spacial score (nSPS) is 10.5. The molecule has 0 radical (unpaired) electrons. The lowest BCUT2D eigenvalue weighted by atomic mass is 10.1. The highest BCUT2D eigenvalue weighted by molar-refractivity contribution is 4.82. The lowest BCUT2D eigenvalue weighted by molar-refractivity contribution is 0.0183. The highest BCUT2D eigenvalue weighted by Gasteiger charge is 1.94. The van der Waals surface area contributed by atoms with Gasteiger partial charge in [-0.05, 0) is 12.3 Å². The largest absolute Gasteiger partial charge is 0.379 e. The second kappa shape index (κ2) is 11.5. The molecule has 0 rings (SSSR count). The Morgan fingerprint density at radius 1 is 0.933 bits per heavy atom. The highest BCUT2D eigenvalue weighted by atomic mass is 16.5. The molecule has 0 bridgehead atoms. The van der Waals surface area contributed by atoms with Crippen LogP contribution in [0.5, 0.6) is 0 Å². The molecular formula is C12H22O3. The summed E-state index contributed by atoms with van der Waals surface area (Å²) in [6.07, 6.45) is 6.12. The molecule has 15 heavy (non-hydrogen) atoms. The van der Waals surface area contributed by atoms with Gasteiger partial charge in [0.15, 0.2) is 0 Å². The Morgan fingerprint density at radius 3 is 2.00 bits per heavy atom. The Morgan fingerprint density at radius 2 is 1.47 bits per heavy atom. The number of terminal acetylenes is 1. The molecule has 0 unspecified atom stereocenters. The molecular weight excluding hydrogens is 192 g/mol. The molecule has 0 N–H and O–H groups in total. The van der Waals surface area contributed by atoms with Crippen LogP contribution in [0.4, 0.5) is 0 Å². The van der Waals surface area contributed by atoms with Crippen LogP contribution in [0.15, 0.2) is 0 Å². The molecule has 0 spiro atoms. The lowest BCUT2D eigenvalue weighted by Crippen LogP contribution is -2.10. The Kier molecular flexibility index (Phi) is 11.1. The van der Waals surface area contributed by atoms with Crippen molar-refractivity contribution < 1.29 is 14.2 Å². The van der Waals surface area contributed by atoms with E-state index in [1.54, 1.807) is 0 Å². The van der Waals surface area contributed by atoms with Gasteiger partial charge in [0.2, 0.25) is 0 Å². The maximum atomic E-state index is 5.37. The first kappa shape index (κ1) is 14.4. The molecule has 0 fully saturated rings. The van der Waals surface area contributed by atoms with Crippen molar-refractivity contribution in [2.24, 2.45) is 5.92 Å². The predicted octanol–water partition coefficient (Wildman–Crippen LogP) is 1.72. The minimum Gasteiger partial charge on any atom is -0.379 e. The molecule has 0 amide bonds. The molecule has 0 aliphatic heterocycles. The molecule has 3 heteroatoms. The zero-order valence-corrected chi connectivity index (χ0v) is 9.83. The maximum Gasteiger partial charge on any atom is 0.107 e. The molecule has 0 saturated heterocycles. The summed E-state index contributed by atoms with van der Waals surface area (Å²) in [6.45, 7) is 7.94. The molecule has 0 aliphatic rings. The third kappa shape index (κ3) is 13.4. The first-order chi connectivity index (χ1) is 7.27. The summed E-state index contributed by atoms with van der Waals surface area (Å²) in [5.41, 5.74) is 0. The molecule has 0 aromatic carbocycles. The van der Waals surface area contributed by atoms with E-state index in [0.29, 0.717) is 39.0 Å². The first-order valence-corrected chi connectivity index (χ1v) is 5.44. The van der Waals surface area contributed by atoms with Gasteiger partial charge in [0.1, 0.15) is 6.61 Å². The fraction of sp³-hybridized carbons (Fsp3) is 0.833. The molecule has 0 aromatic heterocycles. The van der Waals surface area contributed by atoms with Crippen molar-refractivity contribution in [1.29, 1.82) is 0 Å². The third-order valence-corrected chi connectivity index (χ3v) is 1.77. The van der Waals surface area contributed by atoms with E-state index in [-0.39, 0.29) is 0 Å². The minimum atomic E-state index is 0.355. The second-order valence-corrected chi connectivity index (χ2v) is 3.66. The fourth-order valence-electron chi connectivity index (χ4n) is 0.890. The van der Waals surface area contributed by atoms with E-state index in [0.717, 1.165) is 13.0 Å². The monoisotopic (exact) mass is 214 g/mol. The van der Waals surface area contributed by atoms with Crippen LogP contribution in [0.3, 0.4) is 0 Å². The van der Waals surface area contributed by atoms with E-state index >= 15 is 0 Å². The zero-order valence-electron chi connectivity index (χ0n) is 9.83. The molecule has 3 nitrogen and oxygen atoms in total. The predicted molar refractivity (Wildman–Crippen MR) is 60.7 cm³/mol. The van der Waals surface area contributed by atoms with Crippen LogP contribution in [-0.4, -0.2) is 39.6 Å². The van der Waals surface area contributed by atoms with E-state index in [9.17, 15) is 0 Å². The number of ether oxygens (including phenoxy) is 3. The van der Waals surface area contributed by atoms with Gasteiger partial charge in [0.25, 0.3) is 0 Å². The lowest BCUT2D eigenvalue weighted by Gasteiger charge is -2.07. The molecule has 0 atom stereocenters. The van der Waals surface area contributed by atoms with Crippen LogP contribution in [0.1, 0.15) is 20.3 Å². The maximum absolute atomic E-state index is 5.37. The van der Waals surface area contributed by atoms with Crippen LogP contribution in [0.2, 0.25) is 0 Å². The summed E-state index contributed by atoms with van der Waals surface area (Å²) in [6, 6.07) is 0. The Bertz CT molecular complexity index is 161. The van der Waals surface area contributed by atoms with Crippen LogP contribution < -0.4 is 0 Å². The van der Waals surface area contributed by atoms with E-state index < -0.39 is 0 Å². The summed E-state index contributed by atoms with van der Waals surface area (Å²) in [5.74, 6) is 3.09. The Labute approximate surface area is 93.1 Å². The van der Waals surface area contributed by atoms with Crippen molar-refractivity contribution in [3.8, 4) is 12.3 Å². The summed E-state index contributed by atoms with van der Waals surface area (Å²) >= 11 is 0. The Balaban J connectivity index is 2.90. The smallest absolute Gasteiger partial charge is 0.107 e. The van der Waals surface area contributed by atoms with Gasteiger partial charge in [-0.1, -0.05) is 19.8 Å². The molecule has 88 valence electrons. The topological polar surface area (TPSA) is 27.7 Å². The average Bonchev–Trinajstić information content (AvgIpc) is 2.20. The van der Waals surface area contributed by atoms with Gasteiger partial charge in [-0.3, -0.25) is 0 Å². The van der Waals surface area contributed by atoms with Crippen molar-refractivity contribution in [1.82, 2.24) is 0 Å². The molecule has 0 saturated carbocycles. The SMILES string of the molecule is C#CCOCCOCCOCCC(C)C. The van der Waals surface area contributed by atoms with Gasteiger partial charge in [-0.25, -0.2) is 0 Å². The van der Waals surface area contributed by atoms with Crippen LogP contribution >= 0.6 is 0 Å². The van der Waals surface area contributed by atoms with E-state index in [2.05, 4.69) is 19.8 Å². The zero-order chi connectivity index (χ0) is 11.4. The fourth-order valence-corrected chi connectivity index (χ4v) is 0.890. The van der Waals surface area contributed by atoms with Gasteiger partial charge >= 0.3 is 0 Å². The summed E-state index contributed by atoms with van der Waals surface area (Å²) in [4.78, 5) is 0. The standard InChI is InChI=1S/C12H22O3/c1-4-6-13-8-10-15-11-9-14-7-5-12(2)3/h1,12H,5-11H2,2-3H3. The molecule has 0 heterocycles. The minimum absolute atomic E-state index is 0.355. The van der Waals surface area contributed by atoms with Crippen LogP contribution in [-0.2, 0) is 14.2 Å². The number of rotatable bonds is 10. The molecule has 0 aliphatic carbocycles. The summed E-state index contributed by atoms with van der Waals surface area (Å²) < 4.78 is 15.7. The van der Waals surface area contributed by atoms with Crippen LogP contribution in [0, 0.1) is 18.3 Å². The molecule has 0 aromatic rings. The first-order valence-electron chi connectivity index (χ1n) is 5.44.